The molecule has 2 N–H and O–H groups in total. The molecule has 0 aliphatic rings. The molecule has 0 spiro atoms. The van der Waals surface area contributed by atoms with Gasteiger partial charge in [-0.25, -0.2) is 13.5 Å². The maximum absolute atomic E-state index is 13.4. The predicted molar refractivity (Wildman–Crippen MR) is 68.7 cm³/mol. The molecule has 1 aromatic heterocycles. The average Bonchev–Trinajstić information content (AvgIpc) is 2.40. The fraction of sp³-hybridized carbons (Fsp3) is 0. The summed E-state index contributed by atoms with van der Waals surface area (Å²) in [7, 11) is -4.44. The van der Waals surface area contributed by atoms with Gasteiger partial charge in [0.2, 0.25) is 5.82 Å². The Balaban J connectivity index is 2.50. The minimum atomic E-state index is -4.44. The molecule has 1 aromatic carbocycles. The molecule has 9 nitrogen and oxygen atoms in total. The van der Waals surface area contributed by atoms with E-state index in [9.17, 15) is 27.7 Å². The smallest absolute Gasteiger partial charge is 0.268 e. The number of nitrogens with zero attached hydrogens (tertiary/aromatic N) is 2. The standard InChI is InChI=1S/C10H7FN4O5S/c11-6-2-1-3-7(10(6)15(17)18)21(19,20)14-8-4-5-9(16)13-12-8/h1-5H,(H,12,14)(H,13,16). The van der Waals surface area contributed by atoms with Crippen LogP contribution in [0.3, 0.4) is 0 Å². The molecule has 0 saturated carbocycles. The molecule has 0 bridgehead atoms. The van der Waals surface area contributed by atoms with E-state index in [1.807, 2.05) is 9.82 Å². The lowest BCUT2D eigenvalue weighted by Gasteiger charge is -2.07. The number of rotatable bonds is 4. The number of anilines is 1. The van der Waals surface area contributed by atoms with Crippen molar-refractivity contribution >= 4 is 21.5 Å². The van der Waals surface area contributed by atoms with Gasteiger partial charge in [-0.05, 0) is 18.2 Å². The van der Waals surface area contributed by atoms with Crippen LogP contribution in [0.5, 0.6) is 0 Å². The summed E-state index contributed by atoms with van der Waals surface area (Å²) in [5.41, 5.74) is -1.73. The van der Waals surface area contributed by atoms with E-state index < -0.39 is 36.9 Å². The van der Waals surface area contributed by atoms with Crippen LogP contribution in [0, 0.1) is 15.9 Å². The first kappa shape index (κ1) is 14.6. The number of aromatic nitrogens is 2. The third-order valence-electron chi connectivity index (χ3n) is 2.34. The quantitative estimate of drug-likeness (QED) is 0.627. The number of benzene rings is 1. The zero-order valence-corrected chi connectivity index (χ0v) is 10.9. The summed E-state index contributed by atoms with van der Waals surface area (Å²) in [4.78, 5) is 19.6. The first-order valence-corrected chi connectivity index (χ1v) is 6.81. The van der Waals surface area contributed by atoms with E-state index in [1.165, 1.54) is 0 Å². The first-order valence-electron chi connectivity index (χ1n) is 5.33. The molecule has 0 radical (unpaired) electrons. The number of sulfonamides is 1. The van der Waals surface area contributed by atoms with E-state index in [0.29, 0.717) is 0 Å². The van der Waals surface area contributed by atoms with Gasteiger partial charge in [-0.3, -0.25) is 19.6 Å². The lowest BCUT2D eigenvalue weighted by Crippen LogP contribution is -2.18. The van der Waals surface area contributed by atoms with Gasteiger partial charge in [0.1, 0.15) is 0 Å². The fourth-order valence-electron chi connectivity index (χ4n) is 1.48. The molecule has 0 amide bonds. The second-order valence-electron chi connectivity index (χ2n) is 3.76. The molecule has 21 heavy (non-hydrogen) atoms. The van der Waals surface area contributed by atoms with Gasteiger partial charge in [0, 0.05) is 6.07 Å². The van der Waals surface area contributed by atoms with Gasteiger partial charge >= 0.3 is 5.69 Å². The van der Waals surface area contributed by atoms with Crippen molar-refractivity contribution < 1.29 is 17.7 Å². The summed E-state index contributed by atoms with van der Waals surface area (Å²) < 4.78 is 39.4. The van der Waals surface area contributed by atoms with Crippen molar-refractivity contribution in [3.63, 3.8) is 0 Å². The van der Waals surface area contributed by atoms with Crippen LogP contribution < -0.4 is 10.3 Å². The van der Waals surface area contributed by atoms with E-state index in [4.69, 9.17) is 0 Å². The summed E-state index contributed by atoms with van der Waals surface area (Å²) >= 11 is 0. The molecule has 0 atom stereocenters. The van der Waals surface area contributed by atoms with Crippen LogP contribution in [-0.4, -0.2) is 23.5 Å². The van der Waals surface area contributed by atoms with Crippen LogP contribution in [0.15, 0.2) is 40.0 Å². The van der Waals surface area contributed by atoms with Crippen molar-refractivity contribution in [1.82, 2.24) is 10.2 Å². The minimum absolute atomic E-state index is 0.270. The summed E-state index contributed by atoms with van der Waals surface area (Å²) in [6, 6.07) is 4.74. The molecule has 2 aromatic rings. The number of nitrogens with one attached hydrogen (secondary N) is 2. The van der Waals surface area contributed by atoms with Crippen LogP contribution in [0.4, 0.5) is 15.9 Å². The maximum Gasteiger partial charge on any atom is 0.325 e. The van der Waals surface area contributed by atoms with E-state index in [0.717, 1.165) is 30.3 Å². The Bertz CT molecular complexity index is 843. The van der Waals surface area contributed by atoms with Gasteiger partial charge in [-0.2, -0.15) is 9.49 Å². The lowest BCUT2D eigenvalue weighted by molar-refractivity contribution is -0.390. The molecule has 1 heterocycles. The van der Waals surface area contributed by atoms with Crippen molar-refractivity contribution in [2.75, 3.05) is 4.72 Å². The van der Waals surface area contributed by atoms with Gasteiger partial charge in [0.05, 0.1) is 4.92 Å². The zero-order valence-electron chi connectivity index (χ0n) is 10.1. The number of nitro benzene ring substituents is 1. The Hall–Kier alpha value is -2.82. The maximum atomic E-state index is 13.4. The molecule has 0 fully saturated rings. The number of H-pyrrole nitrogens is 1. The molecular weight excluding hydrogens is 307 g/mol. The number of hydrogen-bond donors (Lipinski definition) is 2. The molecule has 110 valence electrons. The lowest BCUT2D eigenvalue weighted by atomic mass is 10.3. The Labute approximate surface area is 116 Å². The second kappa shape index (κ2) is 5.28. The monoisotopic (exact) mass is 314 g/mol. The number of aromatic amines is 1. The molecule has 0 saturated heterocycles. The largest absolute Gasteiger partial charge is 0.325 e. The molecule has 2 rings (SSSR count). The van der Waals surface area contributed by atoms with Gasteiger partial charge in [-0.1, -0.05) is 6.07 Å². The third-order valence-corrected chi connectivity index (χ3v) is 3.73. The zero-order chi connectivity index (χ0) is 15.6. The van der Waals surface area contributed by atoms with Crippen LogP contribution in [0.25, 0.3) is 0 Å². The topological polar surface area (TPSA) is 135 Å². The van der Waals surface area contributed by atoms with Gasteiger partial charge < -0.3 is 0 Å². The highest BCUT2D eigenvalue weighted by molar-refractivity contribution is 7.92. The van der Waals surface area contributed by atoms with Crippen LogP contribution in [0.1, 0.15) is 0 Å². The van der Waals surface area contributed by atoms with E-state index in [1.54, 1.807) is 0 Å². The van der Waals surface area contributed by atoms with Gasteiger partial charge in [-0.15, -0.1) is 0 Å². The van der Waals surface area contributed by atoms with Crippen LogP contribution in [-0.2, 0) is 10.0 Å². The average molecular weight is 314 g/mol. The Morgan fingerprint density at radius 2 is 2.00 bits per heavy atom. The van der Waals surface area contributed by atoms with Gasteiger partial charge in [0.25, 0.3) is 15.6 Å². The highest BCUT2D eigenvalue weighted by Gasteiger charge is 2.29. The Morgan fingerprint density at radius 1 is 1.29 bits per heavy atom. The van der Waals surface area contributed by atoms with Crippen molar-refractivity contribution in [2.45, 2.75) is 4.90 Å². The highest BCUT2D eigenvalue weighted by Crippen LogP contribution is 2.27. The van der Waals surface area contributed by atoms with E-state index in [-0.39, 0.29) is 5.82 Å². The van der Waals surface area contributed by atoms with Crippen molar-refractivity contribution in [3.05, 3.63) is 56.6 Å². The Morgan fingerprint density at radius 3 is 2.57 bits per heavy atom. The number of hydrogen-bond acceptors (Lipinski definition) is 6. The third kappa shape index (κ3) is 3.02. The number of halogens is 1. The molecule has 11 heteroatoms. The van der Waals surface area contributed by atoms with Crippen molar-refractivity contribution in [3.8, 4) is 0 Å². The van der Waals surface area contributed by atoms with E-state index >= 15 is 0 Å². The molecule has 0 aliphatic heterocycles. The molecule has 0 unspecified atom stereocenters. The predicted octanol–water partition coefficient (Wildman–Crippen LogP) is 0.618. The normalized spacial score (nSPS) is 11.1. The number of nitro groups is 1. The minimum Gasteiger partial charge on any atom is -0.268 e. The fourth-order valence-corrected chi connectivity index (χ4v) is 2.67. The van der Waals surface area contributed by atoms with E-state index in [2.05, 4.69) is 5.10 Å². The molecule has 0 aliphatic carbocycles. The number of para-hydroxylation sites is 1. The summed E-state index contributed by atoms with van der Waals surface area (Å²) in [5.74, 6) is -1.55. The summed E-state index contributed by atoms with van der Waals surface area (Å²) in [6.45, 7) is 0. The van der Waals surface area contributed by atoms with Crippen LogP contribution >= 0.6 is 0 Å². The summed E-state index contributed by atoms with van der Waals surface area (Å²) in [6.07, 6.45) is 0. The summed E-state index contributed by atoms with van der Waals surface area (Å²) in [5, 5.41) is 16.2. The van der Waals surface area contributed by atoms with Crippen molar-refractivity contribution in [1.29, 1.82) is 0 Å². The Kier molecular flexibility index (Phi) is 3.67. The first-order chi connectivity index (χ1) is 9.81. The van der Waals surface area contributed by atoms with Gasteiger partial charge in [0.15, 0.2) is 10.7 Å². The molecular formula is C10H7FN4O5S. The second-order valence-corrected chi connectivity index (χ2v) is 5.41. The van der Waals surface area contributed by atoms with Crippen LogP contribution in [0.2, 0.25) is 0 Å². The highest BCUT2D eigenvalue weighted by atomic mass is 32.2. The van der Waals surface area contributed by atoms with Crippen molar-refractivity contribution in [2.24, 2.45) is 0 Å². The SMILES string of the molecule is O=c1ccc(NS(=O)(=O)c2cccc(F)c2[N+](=O)[O-])n[nH]1.